The van der Waals surface area contributed by atoms with Crippen molar-refractivity contribution in [3.63, 3.8) is 0 Å². The average molecular weight is 576 g/mol. The highest BCUT2D eigenvalue weighted by Crippen LogP contribution is 2.42. The van der Waals surface area contributed by atoms with Gasteiger partial charge >= 0.3 is 6.36 Å². The number of carbonyl (C=O) groups excluding carboxylic acids is 1. The average Bonchev–Trinajstić information content (AvgIpc) is 2.82. The molecule has 0 fully saturated rings. The molecular weight excluding hydrogens is 554 g/mol. The molecule has 198 valence electrons. The Morgan fingerprint density at radius 3 is 2.16 bits per heavy atom. The predicted molar refractivity (Wildman–Crippen MR) is 136 cm³/mol. The van der Waals surface area contributed by atoms with Gasteiger partial charge in [0.1, 0.15) is 5.75 Å². The number of carbonyl (C=O) groups is 1. The fraction of sp³-hybridized carbons (Fsp3) is 0.240. The van der Waals surface area contributed by atoms with E-state index in [9.17, 15) is 26.4 Å². The lowest BCUT2D eigenvalue weighted by Crippen LogP contribution is -2.24. The van der Waals surface area contributed by atoms with Crippen molar-refractivity contribution in [1.29, 1.82) is 0 Å². The van der Waals surface area contributed by atoms with Crippen LogP contribution in [0.1, 0.15) is 18.4 Å². The summed E-state index contributed by atoms with van der Waals surface area (Å²) in [4.78, 5) is 13.2. The number of sulfone groups is 1. The van der Waals surface area contributed by atoms with E-state index in [1.165, 1.54) is 68.6 Å². The van der Waals surface area contributed by atoms with Crippen molar-refractivity contribution in [1.82, 2.24) is 0 Å². The third-order valence-corrected chi connectivity index (χ3v) is 7.71. The molecule has 1 amide bonds. The van der Waals surface area contributed by atoms with Crippen LogP contribution in [0.25, 0.3) is 11.1 Å². The van der Waals surface area contributed by atoms with Crippen LogP contribution < -0.4 is 10.1 Å². The monoisotopic (exact) mass is 575 g/mol. The first-order valence-electron chi connectivity index (χ1n) is 10.8. The number of anilines is 1. The van der Waals surface area contributed by atoms with E-state index in [2.05, 4.69) is 10.1 Å². The van der Waals surface area contributed by atoms with Gasteiger partial charge in [0.2, 0.25) is 5.91 Å². The SMILES string of the molecule is CCS(=O)(=O)c1ccc(C(COC)C(=O)Nc2cc(Cl)c(-c3ccccc3OC(F)(F)F)c(Cl)c2)cc1. The van der Waals surface area contributed by atoms with Crippen LogP contribution in [0.3, 0.4) is 0 Å². The summed E-state index contributed by atoms with van der Waals surface area (Å²) in [7, 11) is -1.99. The molecule has 0 bridgehead atoms. The van der Waals surface area contributed by atoms with Gasteiger partial charge in [0, 0.05) is 23.9 Å². The van der Waals surface area contributed by atoms with Crippen molar-refractivity contribution < 1.29 is 35.9 Å². The van der Waals surface area contributed by atoms with Crippen LogP contribution >= 0.6 is 23.2 Å². The van der Waals surface area contributed by atoms with Crippen molar-refractivity contribution >= 4 is 44.6 Å². The van der Waals surface area contributed by atoms with E-state index in [1.807, 2.05) is 0 Å². The van der Waals surface area contributed by atoms with Gasteiger partial charge in [-0.1, -0.05) is 60.5 Å². The Morgan fingerprint density at radius 1 is 1.03 bits per heavy atom. The molecule has 37 heavy (non-hydrogen) atoms. The minimum absolute atomic E-state index is 0.00654. The third kappa shape index (κ3) is 7.16. The zero-order valence-corrected chi connectivity index (χ0v) is 21.9. The summed E-state index contributed by atoms with van der Waals surface area (Å²) >= 11 is 12.7. The number of ether oxygens (including phenoxy) is 2. The second-order valence-electron chi connectivity index (χ2n) is 7.83. The number of benzene rings is 3. The van der Waals surface area contributed by atoms with E-state index >= 15 is 0 Å². The lowest BCUT2D eigenvalue weighted by molar-refractivity contribution is -0.274. The smallest absolute Gasteiger partial charge is 0.405 e. The first-order valence-corrected chi connectivity index (χ1v) is 13.2. The summed E-state index contributed by atoms with van der Waals surface area (Å²) in [6, 6.07) is 14.0. The zero-order valence-electron chi connectivity index (χ0n) is 19.6. The minimum atomic E-state index is -4.92. The quantitative estimate of drug-likeness (QED) is 0.306. The van der Waals surface area contributed by atoms with Crippen LogP contribution in [0.4, 0.5) is 18.9 Å². The van der Waals surface area contributed by atoms with Gasteiger partial charge in [-0.05, 0) is 35.9 Å². The van der Waals surface area contributed by atoms with Gasteiger partial charge in [-0.3, -0.25) is 4.79 Å². The molecule has 6 nitrogen and oxygen atoms in total. The summed E-state index contributed by atoms with van der Waals surface area (Å²) in [5, 5.41) is 2.65. The summed E-state index contributed by atoms with van der Waals surface area (Å²) in [5.74, 6) is -1.84. The van der Waals surface area contributed by atoms with Gasteiger partial charge in [0.05, 0.1) is 33.2 Å². The van der Waals surface area contributed by atoms with Gasteiger partial charge in [0.25, 0.3) is 0 Å². The van der Waals surface area contributed by atoms with Gasteiger partial charge in [-0.15, -0.1) is 13.2 Å². The normalized spacial score (nSPS) is 12.7. The molecule has 0 radical (unpaired) electrons. The maximum atomic E-state index is 13.1. The van der Waals surface area contributed by atoms with E-state index in [0.29, 0.717) is 5.56 Å². The van der Waals surface area contributed by atoms with E-state index in [0.717, 1.165) is 6.07 Å². The summed E-state index contributed by atoms with van der Waals surface area (Å²) < 4.78 is 72.0. The van der Waals surface area contributed by atoms with Crippen molar-refractivity contribution in [2.75, 3.05) is 24.8 Å². The largest absolute Gasteiger partial charge is 0.573 e. The molecule has 1 unspecified atom stereocenters. The number of rotatable bonds is 9. The molecule has 1 N–H and O–H groups in total. The topological polar surface area (TPSA) is 81.7 Å². The molecule has 0 spiro atoms. The van der Waals surface area contributed by atoms with Gasteiger partial charge < -0.3 is 14.8 Å². The standard InChI is InChI=1S/C25H22Cl2F3NO5S/c1-3-37(33,34)17-10-8-15(9-11-17)19(14-35-2)24(32)31-16-12-20(26)23(21(27)13-16)18-6-4-5-7-22(18)36-25(28,29)30/h4-13,19H,3,14H2,1-2H3,(H,31,32). The van der Waals surface area contributed by atoms with Gasteiger partial charge in [0.15, 0.2) is 9.84 Å². The highest BCUT2D eigenvalue weighted by Gasteiger charge is 2.32. The minimum Gasteiger partial charge on any atom is -0.405 e. The summed E-state index contributed by atoms with van der Waals surface area (Å²) in [6.45, 7) is 1.53. The maximum absolute atomic E-state index is 13.1. The zero-order chi connectivity index (χ0) is 27.4. The van der Waals surface area contributed by atoms with Crippen molar-refractivity contribution in [2.45, 2.75) is 24.1 Å². The maximum Gasteiger partial charge on any atom is 0.573 e. The van der Waals surface area contributed by atoms with Gasteiger partial charge in [-0.2, -0.15) is 0 Å². The number of para-hydroxylation sites is 1. The van der Waals surface area contributed by atoms with Crippen LogP contribution in [-0.4, -0.2) is 40.2 Å². The molecule has 0 heterocycles. The van der Waals surface area contributed by atoms with Crippen LogP contribution in [0.5, 0.6) is 5.75 Å². The molecule has 0 aliphatic carbocycles. The van der Waals surface area contributed by atoms with Crippen LogP contribution in [0.2, 0.25) is 10.0 Å². The molecule has 3 aromatic rings. The number of hydrogen-bond donors (Lipinski definition) is 1. The fourth-order valence-corrected chi connectivity index (χ4v) is 5.16. The number of methoxy groups -OCH3 is 1. The Morgan fingerprint density at radius 2 is 1.62 bits per heavy atom. The first kappa shape index (κ1) is 28.8. The number of nitrogens with one attached hydrogen (secondary N) is 1. The van der Waals surface area contributed by atoms with Crippen LogP contribution in [0.15, 0.2) is 65.6 Å². The highest BCUT2D eigenvalue weighted by molar-refractivity contribution is 7.91. The lowest BCUT2D eigenvalue weighted by Gasteiger charge is -2.19. The Hall–Kier alpha value is -2.79. The second-order valence-corrected chi connectivity index (χ2v) is 10.9. The molecule has 12 heteroatoms. The van der Waals surface area contributed by atoms with Gasteiger partial charge in [-0.25, -0.2) is 8.42 Å². The molecule has 0 saturated carbocycles. The Balaban J connectivity index is 1.89. The number of halogens is 5. The van der Waals surface area contributed by atoms with Crippen molar-refractivity contribution in [2.24, 2.45) is 0 Å². The second kappa shape index (κ2) is 11.7. The number of hydrogen-bond acceptors (Lipinski definition) is 5. The van der Waals surface area contributed by atoms with E-state index < -0.39 is 33.8 Å². The Kier molecular flexibility index (Phi) is 9.12. The fourth-order valence-electron chi connectivity index (χ4n) is 3.58. The van der Waals surface area contributed by atoms with Crippen LogP contribution in [-0.2, 0) is 19.4 Å². The number of amides is 1. The Bertz CT molecular complexity index is 1360. The van der Waals surface area contributed by atoms with E-state index in [1.54, 1.807) is 0 Å². The molecule has 3 rings (SSSR count). The lowest BCUT2D eigenvalue weighted by atomic mass is 9.98. The summed E-state index contributed by atoms with van der Waals surface area (Å²) in [5.41, 5.74) is 0.833. The molecular formula is C25H22Cl2F3NO5S. The first-order chi connectivity index (χ1) is 17.4. The van der Waals surface area contributed by atoms with E-state index in [4.69, 9.17) is 27.9 Å². The van der Waals surface area contributed by atoms with Crippen molar-refractivity contribution in [3.8, 4) is 16.9 Å². The van der Waals surface area contributed by atoms with Crippen LogP contribution in [0, 0.1) is 0 Å². The molecule has 0 saturated heterocycles. The van der Waals surface area contributed by atoms with E-state index in [-0.39, 0.29) is 44.1 Å². The molecule has 1 atom stereocenters. The molecule has 0 aliphatic heterocycles. The number of alkyl halides is 3. The Labute approximate surface area is 222 Å². The molecule has 3 aromatic carbocycles. The molecule has 0 aliphatic rings. The third-order valence-electron chi connectivity index (χ3n) is 5.36. The molecule has 0 aromatic heterocycles. The highest BCUT2D eigenvalue weighted by atomic mass is 35.5. The predicted octanol–water partition coefficient (Wildman–Crippen LogP) is 6.72. The summed E-state index contributed by atoms with van der Waals surface area (Å²) in [6.07, 6.45) is -4.92. The van der Waals surface area contributed by atoms with Crippen molar-refractivity contribution in [3.05, 3.63) is 76.3 Å².